The van der Waals surface area contributed by atoms with Gasteiger partial charge in [-0.15, -0.1) is 0 Å². The Morgan fingerprint density at radius 3 is 0.642 bits per heavy atom. The first-order valence-corrected chi connectivity index (χ1v) is 25.1. The molecule has 0 amide bonds. The Morgan fingerprint density at radius 2 is 0.453 bits per heavy atom. The first kappa shape index (κ1) is 50.2. The highest BCUT2D eigenvalue weighted by molar-refractivity contribution is 5.24. The Bertz CT molecular complexity index is 764. The topological polar surface area (TPSA) is 12.9 Å². The summed E-state index contributed by atoms with van der Waals surface area (Å²) >= 11 is 0. The zero-order valence-electron chi connectivity index (χ0n) is 36.9. The van der Waals surface area contributed by atoms with Gasteiger partial charge in [0.05, 0.1) is 0 Å². The van der Waals surface area contributed by atoms with E-state index in [9.17, 15) is 0 Å². The van der Waals surface area contributed by atoms with Crippen molar-refractivity contribution in [3.63, 3.8) is 0 Å². The summed E-state index contributed by atoms with van der Waals surface area (Å²) in [6, 6.07) is 4.47. The van der Waals surface area contributed by atoms with Crippen LogP contribution in [0.2, 0.25) is 0 Å². The average Bonchev–Trinajstić information content (AvgIpc) is 3.16. The number of aromatic nitrogens is 1. The molecule has 0 aliphatic rings. The fourth-order valence-electron chi connectivity index (χ4n) is 8.45. The third-order valence-electron chi connectivity index (χ3n) is 12.1. The first-order chi connectivity index (χ1) is 26.3. The summed E-state index contributed by atoms with van der Waals surface area (Å²) in [5.74, 6) is 0. The van der Waals surface area contributed by atoms with Crippen molar-refractivity contribution in [1.82, 2.24) is 4.98 Å². The third kappa shape index (κ3) is 37.8. The molecule has 1 heterocycles. The van der Waals surface area contributed by atoms with Crippen LogP contribution >= 0.6 is 0 Å². The molecule has 1 nitrogen and oxygen atoms in total. The van der Waals surface area contributed by atoms with Gasteiger partial charge in [-0.1, -0.05) is 271 Å². The molecule has 311 valence electrons. The van der Waals surface area contributed by atoms with E-state index >= 15 is 0 Å². The van der Waals surface area contributed by atoms with Crippen LogP contribution in [0.1, 0.15) is 300 Å². The molecule has 0 atom stereocenters. The lowest BCUT2D eigenvalue weighted by atomic mass is 10.0. The number of rotatable bonds is 44. The van der Waals surface area contributed by atoms with Crippen LogP contribution in [0.3, 0.4) is 0 Å². The molecule has 0 aliphatic heterocycles. The van der Waals surface area contributed by atoms with Crippen molar-refractivity contribution >= 4 is 0 Å². The number of nitrogens with zero attached hydrogens (tertiary/aromatic N) is 1. The maximum atomic E-state index is 5.04. The summed E-state index contributed by atoms with van der Waals surface area (Å²) in [6.45, 7) is 8.89. The minimum atomic E-state index is 1.13. The highest BCUT2D eigenvalue weighted by Crippen LogP contribution is 2.18. The van der Waals surface area contributed by atoms with Crippen LogP contribution in [-0.4, -0.2) is 4.98 Å². The average molecular weight is 737 g/mol. The van der Waals surface area contributed by atoms with Gasteiger partial charge in [0.1, 0.15) is 0 Å². The van der Waals surface area contributed by atoms with E-state index in [4.69, 9.17) is 4.98 Å². The van der Waals surface area contributed by atoms with E-state index in [2.05, 4.69) is 32.9 Å². The van der Waals surface area contributed by atoms with Crippen LogP contribution in [-0.2, 0) is 12.8 Å². The van der Waals surface area contributed by atoms with Crippen molar-refractivity contribution in [2.75, 3.05) is 0 Å². The molecule has 0 saturated heterocycles. The van der Waals surface area contributed by atoms with Crippen molar-refractivity contribution in [3.05, 3.63) is 36.0 Å². The smallest absolute Gasteiger partial charge is 0.0409 e. The van der Waals surface area contributed by atoms with E-state index in [1.54, 1.807) is 0 Å². The van der Waals surface area contributed by atoms with Crippen molar-refractivity contribution < 1.29 is 0 Å². The van der Waals surface area contributed by atoms with Gasteiger partial charge >= 0.3 is 0 Å². The maximum Gasteiger partial charge on any atom is 0.0409 e. The van der Waals surface area contributed by atoms with Crippen molar-refractivity contribution in [2.45, 2.75) is 296 Å². The van der Waals surface area contributed by atoms with Gasteiger partial charge in [0, 0.05) is 11.4 Å². The van der Waals surface area contributed by atoms with E-state index in [1.165, 1.54) is 281 Å². The molecular weight excluding hydrogens is 639 g/mol. The van der Waals surface area contributed by atoms with Crippen molar-refractivity contribution in [3.8, 4) is 0 Å². The minimum absolute atomic E-state index is 1.13. The van der Waals surface area contributed by atoms with E-state index in [0.29, 0.717) is 0 Å². The number of pyridine rings is 1. The van der Waals surface area contributed by atoms with Crippen molar-refractivity contribution in [1.29, 1.82) is 0 Å². The molecule has 1 rings (SSSR count). The third-order valence-corrected chi connectivity index (χ3v) is 12.1. The summed E-state index contributed by atoms with van der Waals surface area (Å²) in [4.78, 5) is 5.04. The molecule has 53 heavy (non-hydrogen) atoms. The fraction of sp³-hybridized carbons (Fsp3) is 0.885. The minimum Gasteiger partial charge on any atom is -0.258 e. The van der Waals surface area contributed by atoms with Gasteiger partial charge in [-0.2, -0.15) is 0 Å². The molecule has 0 N–H and O–H groups in total. The molecule has 0 fully saturated rings. The fourth-order valence-corrected chi connectivity index (χ4v) is 8.45. The zero-order chi connectivity index (χ0) is 38.0. The predicted molar refractivity (Wildman–Crippen MR) is 241 cm³/mol. The van der Waals surface area contributed by atoms with Gasteiger partial charge in [0.2, 0.25) is 0 Å². The lowest BCUT2D eigenvalue weighted by Crippen LogP contribution is -1.98. The lowest BCUT2D eigenvalue weighted by molar-refractivity contribution is 0.520. The van der Waals surface area contributed by atoms with Crippen molar-refractivity contribution in [2.24, 2.45) is 0 Å². The van der Waals surface area contributed by atoms with Crippen LogP contribution in [0.15, 0.2) is 12.1 Å². The Labute approximate surface area is 336 Å². The van der Waals surface area contributed by atoms with Crippen LogP contribution in [0.4, 0.5) is 0 Å². The second-order valence-corrected chi connectivity index (χ2v) is 17.6. The van der Waals surface area contributed by atoms with Gasteiger partial charge in [-0.05, 0) is 50.3 Å². The lowest BCUT2D eigenvalue weighted by Gasteiger charge is -2.08. The maximum absolute atomic E-state index is 5.04. The summed E-state index contributed by atoms with van der Waals surface area (Å²) in [5.41, 5.74) is 3.74. The molecular formula is C52H98N. The van der Waals surface area contributed by atoms with Gasteiger partial charge in [-0.25, -0.2) is 0 Å². The number of unbranched alkanes of at least 4 members (excludes halogenated alkanes) is 40. The largest absolute Gasteiger partial charge is 0.258 e. The SMILES string of the molecule is [CH2]c1cc(CCCCCCCCCCCCCCCCCCCCCCC)nc(CCCCCCCCCCCCCCCCCCCCCCC)c1. The van der Waals surface area contributed by atoms with Gasteiger partial charge in [0.15, 0.2) is 0 Å². The summed E-state index contributed by atoms with van der Waals surface area (Å²) < 4.78 is 0. The summed E-state index contributed by atoms with van der Waals surface area (Å²) in [5, 5.41) is 0. The summed E-state index contributed by atoms with van der Waals surface area (Å²) in [6.07, 6.45) is 62.9. The number of hydrogen-bond acceptors (Lipinski definition) is 1. The second-order valence-electron chi connectivity index (χ2n) is 17.6. The zero-order valence-corrected chi connectivity index (χ0v) is 36.9. The monoisotopic (exact) mass is 737 g/mol. The number of hydrogen-bond donors (Lipinski definition) is 0. The van der Waals surface area contributed by atoms with Crippen LogP contribution in [0, 0.1) is 6.92 Å². The van der Waals surface area contributed by atoms with E-state index in [0.717, 1.165) is 18.4 Å². The van der Waals surface area contributed by atoms with E-state index in [-0.39, 0.29) is 0 Å². The molecule has 1 aromatic rings. The molecule has 0 bridgehead atoms. The summed E-state index contributed by atoms with van der Waals surface area (Å²) in [7, 11) is 0. The number of aryl methyl sites for hydroxylation is 2. The highest BCUT2D eigenvalue weighted by atomic mass is 14.7. The molecule has 0 unspecified atom stereocenters. The van der Waals surface area contributed by atoms with Crippen LogP contribution in [0.25, 0.3) is 0 Å². The van der Waals surface area contributed by atoms with Gasteiger partial charge in [0.25, 0.3) is 0 Å². The Kier molecular flexibility index (Phi) is 40.0. The molecule has 0 saturated carbocycles. The van der Waals surface area contributed by atoms with Gasteiger partial charge < -0.3 is 0 Å². The predicted octanol–water partition coefficient (Wildman–Crippen LogP) is 18.8. The Balaban J connectivity index is 1.84. The normalized spacial score (nSPS) is 11.6. The van der Waals surface area contributed by atoms with E-state index < -0.39 is 0 Å². The quantitative estimate of drug-likeness (QED) is 0.0608. The van der Waals surface area contributed by atoms with Crippen LogP contribution in [0.5, 0.6) is 0 Å². The van der Waals surface area contributed by atoms with Crippen LogP contribution < -0.4 is 0 Å². The van der Waals surface area contributed by atoms with Gasteiger partial charge in [-0.3, -0.25) is 4.98 Å². The Morgan fingerprint density at radius 1 is 0.283 bits per heavy atom. The first-order valence-electron chi connectivity index (χ1n) is 25.1. The molecule has 0 spiro atoms. The molecule has 0 aromatic carbocycles. The standard InChI is InChI=1S/C52H98N/c1-4-6-8-10-12-14-16-18-20-22-24-26-28-30-32-34-36-38-40-42-44-46-51-48-50(3)49-52(53-51)47-45-43-41-39-37-35-33-31-29-27-25-23-21-19-17-15-13-11-9-7-5-2/h48-49H,3-47H2,1-2H3. The highest BCUT2D eigenvalue weighted by Gasteiger charge is 2.03. The molecule has 1 aromatic heterocycles. The Hall–Kier alpha value is -0.850. The molecule has 0 aliphatic carbocycles. The van der Waals surface area contributed by atoms with E-state index in [1.807, 2.05) is 0 Å². The second kappa shape index (κ2) is 42.3. The molecule has 1 radical (unpaired) electrons. The molecule has 1 heteroatoms.